The van der Waals surface area contributed by atoms with Gasteiger partial charge in [-0.15, -0.1) is 10.2 Å². The summed E-state index contributed by atoms with van der Waals surface area (Å²) in [6.45, 7) is 11.1. The monoisotopic (exact) mass is 653 g/mol. The van der Waals surface area contributed by atoms with Gasteiger partial charge >= 0.3 is 0 Å². The third kappa shape index (κ3) is 7.12. The first-order valence-corrected chi connectivity index (χ1v) is 20.3. The fraction of sp³-hybridized carbons (Fsp3) is 0.444. The maximum Gasteiger partial charge on any atom is 0.268 e. The van der Waals surface area contributed by atoms with Crippen molar-refractivity contribution < 1.29 is 14.3 Å². The van der Waals surface area contributed by atoms with Crippen molar-refractivity contribution in [3.63, 3.8) is 0 Å². The Balaban J connectivity index is 1.06. The van der Waals surface area contributed by atoms with Gasteiger partial charge in [-0.1, -0.05) is 56.0 Å². The highest BCUT2D eigenvalue weighted by molar-refractivity contribution is 6.76. The van der Waals surface area contributed by atoms with Crippen molar-refractivity contribution in [2.45, 2.75) is 76.9 Å². The van der Waals surface area contributed by atoms with Gasteiger partial charge < -0.3 is 19.5 Å². The van der Waals surface area contributed by atoms with Gasteiger partial charge in [0.25, 0.3) is 11.8 Å². The standard InChI is InChI=1S/C36H47N7O3Si/c1-40(2)35(45)30-13-9-28(10-14-30)24-42-19-20-43-31(15-16-32(43)36(42)17-6-18-36)34(44)37-23-27-7-11-29(12-8-27)33-39-38-25-41(33)26-46-21-22-47(3,4)5/h7-16,25H,6,17-24,26H2,1-5H3,(H,37,44). The highest BCUT2D eigenvalue weighted by Gasteiger charge is 2.48. The summed E-state index contributed by atoms with van der Waals surface area (Å²) in [5, 5.41) is 11.6. The smallest absolute Gasteiger partial charge is 0.268 e. The van der Waals surface area contributed by atoms with E-state index in [1.807, 2.05) is 47.0 Å². The van der Waals surface area contributed by atoms with E-state index in [-0.39, 0.29) is 17.4 Å². The molecule has 47 heavy (non-hydrogen) atoms. The zero-order chi connectivity index (χ0) is 33.2. The molecule has 1 saturated carbocycles. The van der Waals surface area contributed by atoms with Crippen LogP contribution in [0.25, 0.3) is 11.4 Å². The van der Waals surface area contributed by atoms with Gasteiger partial charge in [-0.05, 0) is 60.7 Å². The van der Waals surface area contributed by atoms with Crippen LogP contribution in [0.15, 0.2) is 67.0 Å². The molecule has 11 heteroatoms. The van der Waals surface area contributed by atoms with E-state index >= 15 is 0 Å². The largest absolute Gasteiger partial charge is 0.361 e. The minimum Gasteiger partial charge on any atom is -0.361 e. The lowest BCUT2D eigenvalue weighted by Gasteiger charge is -2.53. The number of carbonyl (C=O) groups excluding carboxylic acids is 2. The molecule has 0 bridgehead atoms. The molecule has 0 atom stereocenters. The highest BCUT2D eigenvalue weighted by atomic mass is 28.3. The van der Waals surface area contributed by atoms with Gasteiger partial charge in [0.1, 0.15) is 18.8 Å². The number of rotatable bonds is 12. The molecule has 1 N–H and O–H groups in total. The summed E-state index contributed by atoms with van der Waals surface area (Å²) in [5.74, 6) is 0.726. The van der Waals surface area contributed by atoms with E-state index in [9.17, 15) is 9.59 Å². The molecule has 1 fully saturated rings. The predicted octanol–water partition coefficient (Wildman–Crippen LogP) is 5.59. The van der Waals surface area contributed by atoms with Crippen LogP contribution in [0.1, 0.15) is 56.9 Å². The lowest BCUT2D eigenvalue weighted by molar-refractivity contribution is -0.0217. The summed E-state index contributed by atoms with van der Waals surface area (Å²) in [7, 11) is 2.40. The second kappa shape index (κ2) is 13.6. The molecular formula is C36H47N7O3Si. The average molecular weight is 654 g/mol. The predicted molar refractivity (Wildman–Crippen MR) is 186 cm³/mol. The van der Waals surface area contributed by atoms with Crippen molar-refractivity contribution in [1.29, 1.82) is 0 Å². The van der Waals surface area contributed by atoms with Crippen molar-refractivity contribution >= 4 is 19.9 Å². The van der Waals surface area contributed by atoms with Crippen molar-refractivity contribution in [3.8, 4) is 11.4 Å². The van der Waals surface area contributed by atoms with Gasteiger partial charge in [0, 0.05) is 71.8 Å². The Hall–Kier alpha value is -4.06. The molecule has 10 nitrogen and oxygen atoms in total. The maximum atomic E-state index is 13.5. The third-order valence-corrected chi connectivity index (χ3v) is 11.3. The molecule has 1 spiro atoms. The van der Waals surface area contributed by atoms with Crippen molar-refractivity contribution in [1.82, 2.24) is 34.4 Å². The van der Waals surface area contributed by atoms with E-state index in [1.54, 1.807) is 25.3 Å². The number of hydrogen-bond acceptors (Lipinski definition) is 6. The molecule has 1 aliphatic heterocycles. The Morgan fingerprint density at radius 3 is 2.34 bits per heavy atom. The Labute approximate surface area is 278 Å². The second-order valence-corrected chi connectivity index (χ2v) is 19.9. The lowest BCUT2D eigenvalue weighted by Crippen LogP contribution is -2.56. The number of benzene rings is 2. The van der Waals surface area contributed by atoms with E-state index in [0.717, 1.165) is 67.8 Å². The lowest BCUT2D eigenvalue weighted by atomic mass is 9.71. The minimum absolute atomic E-state index is 0.0143. The molecule has 0 saturated heterocycles. The number of nitrogens with one attached hydrogen (secondary N) is 1. The molecule has 0 radical (unpaired) electrons. The first-order valence-electron chi connectivity index (χ1n) is 16.6. The molecule has 1 aliphatic carbocycles. The zero-order valence-corrected chi connectivity index (χ0v) is 29.3. The van der Waals surface area contributed by atoms with Gasteiger partial charge in [-0.2, -0.15) is 0 Å². The van der Waals surface area contributed by atoms with Crippen LogP contribution in [0.2, 0.25) is 25.7 Å². The fourth-order valence-corrected chi connectivity index (χ4v) is 7.37. The number of carbonyl (C=O) groups is 2. The van der Waals surface area contributed by atoms with Crippen LogP contribution in [0.5, 0.6) is 0 Å². The topological polar surface area (TPSA) is 97.5 Å². The summed E-state index contributed by atoms with van der Waals surface area (Å²) in [5.41, 5.74) is 5.78. The summed E-state index contributed by atoms with van der Waals surface area (Å²) in [4.78, 5) is 29.9. The number of hydrogen-bond donors (Lipinski definition) is 1. The molecule has 4 aromatic rings. The molecule has 2 aromatic carbocycles. The Morgan fingerprint density at radius 1 is 0.957 bits per heavy atom. The van der Waals surface area contributed by atoms with Crippen LogP contribution >= 0.6 is 0 Å². The summed E-state index contributed by atoms with van der Waals surface area (Å²) in [6, 6.07) is 21.3. The first-order chi connectivity index (χ1) is 22.5. The van der Waals surface area contributed by atoms with Gasteiger partial charge in [-0.3, -0.25) is 19.1 Å². The van der Waals surface area contributed by atoms with Crippen molar-refractivity contribution in [2.75, 3.05) is 27.2 Å². The molecule has 2 aromatic heterocycles. The van der Waals surface area contributed by atoms with Crippen molar-refractivity contribution in [3.05, 3.63) is 95.1 Å². The number of ether oxygens (including phenoxy) is 1. The number of fused-ring (bicyclic) bond motifs is 2. The van der Waals surface area contributed by atoms with E-state index in [0.29, 0.717) is 18.8 Å². The van der Waals surface area contributed by atoms with Gasteiger partial charge in [0.05, 0.1) is 5.54 Å². The molecule has 248 valence electrons. The van der Waals surface area contributed by atoms with Crippen LogP contribution < -0.4 is 5.32 Å². The molecule has 6 rings (SSSR count). The maximum absolute atomic E-state index is 13.5. The van der Waals surface area contributed by atoms with Crippen LogP contribution in [0.4, 0.5) is 0 Å². The highest BCUT2D eigenvalue weighted by Crippen LogP contribution is 2.49. The van der Waals surface area contributed by atoms with E-state index in [4.69, 9.17) is 4.74 Å². The molecule has 2 amide bonds. The summed E-state index contributed by atoms with van der Waals surface area (Å²) >= 11 is 0. The van der Waals surface area contributed by atoms with Crippen LogP contribution in [-0.4, -0.2) is 76.3 Å². The van der Waals surface area contributed by atoms with E-state index in [1.165, 1.54) is 17.7 Å². The molecule has 0 unspecified atom stereocenters. The van der Waals surface area contributed by atoms with E-state index < -0.39 is 8.07 Å². The number of amides is 2. The van der Waals surface area contributed by atoms with Crippen LogP contribution in [-0.2, 0) is 36.6 Å². The molecular weight excluding hydrogens is 607 g/mol. The number of nitrogens with zero attached hydrogens (tertiary/aromatic N) is 6. The Morgan fingerprint density at radius 2 is 1.68 bits per heavy atom. The minimum atomic E-state index is -1.14. The third-order valence-electron chi connectivity index (χ3n) is 9.56. The fourth-order valence-electron chi connectivity index (χ4n) is 6.61. The molecule has 3 heterocycles. The van der Waals surface area contributed by atoms with Crippen LogP contribution in [0, 0.1) is 0 Å². The second-order valence-electron chi connectivity index (χ2n) is 14.3. The summed E-state index contributed by atoms with van der Waals surface area (Å²) in [6.07, 6.45) is 5.05. The van der Waals surface area contributed by atoms with Gasteiger partial charge in [0.2, 0.25) is 0 Å². The Bertz CT molecular complexity index is 1700. The first kappa shape index (κ1) is 32.9. The molecule has 2 aliphatic rings. The average Bonchev–Trinajstić information content (AvgIpc) is 3.68. The zero-order valence-electron chi connectivity index (χ0n) is 28.3. The normalized spacial score (nSPS) is 15.7. The van der Waals surface area contributed by atoms with Gasteiger partial charge in [0.15, 0.2) is 5.82 Å². The Kier molecular flexibility index (Phi) is 9.50. The van der Waals surface area contributed by atoms with Crippen molar-refractivity contribution in [2.24, 2.45) is 0 Å². The summed E-state index contributed by atoms with van der Waals surface area (Å²) < 4.78 is 10.1. The van der Waals surface area contributed by atoms with E-state index in [2.05, 4.69) is 62.8 Å². The van der Waals surface area contributed by atoms with Crippen LogP contribution in [0.3, 0.4) is 0 Å². The van der Waals surface area contributed by atoms with Gasteiger partial charge in [-0.25, -0.2) is 0 Å². The quantitative estimate of drug-likeness (QED) is 0.158. The number of aromatic nitrogens is 4. The SMILES string of the molecule is CN(C)C(=O)c1ccc(CN2CCn3c(C(=O)NCc4ccc(-c5nncn5COCC[Si](C)(C)C)cc4)ccc3C23CCC3)cc1.